The number of rotatable bonds is 14. The predicted octanol–water partition coefficient (Wildman–Crippen LogP) is 0.354. The van der Waals surface area contributed by atoms with Crippen LogP contribution in [-0.2, 0) is 25.5 Å². The molecule has 9 nitrogen and oxygen atoms in total. The second kappa shape index (κ2) is 13.4. The van der Waals surface area contributed by atoms with E-state index in [1.807, 2.05) is 24.3 Å². The van der Waals surface area contributed by atoms with Gasteiger partial charge in [0.2, 0.25) is 5.91 Å². The molecule has 0 saturated carbocycles. The van der Waals surface area contributed by atoms with Crippen LogP contribution in [0.2, 0.25) is 0 Å². The molecule has 33 heavy (non-hydrogen) atoms. The molecule has 1 heterocycles. The molecule has 1 aliphatic heterocycles. The lowest BCUT2D eigenvalue weighted by atomic mass is 9.87. The summed E-state index contributed by atoms with van der Waals surface area (Å²) >= 11 is 0. The van der Waals surface area contributed by atoms with E-state index in [4.69, 9.17) is 9.47 Å². The number of nitrogens with one attached hydrogen (secondary N) is 1. The molecule has 9 heteroatoms. The minimum absolute atomic E-state index is 0.0432. The molecule has 0 bridgehead atoms. The summed E-state index contributed by atoms with van der Waals surface area (Å²) in [5.41, 5.74) is -0.0629. The van der Waals surface area contributed by atoms with Crippen LogP contribution in [0.1, 0.15) is 32.3 Å². The molecule has 1 aromatic carbocycles. The summed E-state index contributed by atoms with van der Waals surface area (Å²) < 4.78 is 11.1. The van der Waals surface area contributed by atoms with Gasteiger partial charge in [-0.05, 0) is 24.1 Å². The second-order valence-corrected chi connectivity index (χ2v) is 8.88. The lowest BCUT2D eigenvalue weighted by molar-refractivity contribution is -0.138. The molecule has 0 radical (unpaired) electrons. The quantitative estimate of drug-likeness (QED) is 0.337. The molecule has 1 aromatic rings. The van der Waals surface area contributed by atoms with Gasteiger partial charge in [0.25, 0.3) is 0 Å². The molecule has 0 aromatic heterocycles. The fourth-order valence-corrected chi connectivity index (χ4v) is 3.24. The monoisotopic (exact) mass is 464 g/mol. The number of ketones is 2. The first kappa shape index (κ1) is 26.9. The molecule has 1 aliphatic rings. The fourth-order valence-electron chi connectivity index (χ4n) is 3.24. The molecule has 2 rings (SSSR count). The lowest BCUT2D eigenvalue weighted by Crippen LogP contribution is -2.46. The van der Waals surface area contributed by atoms with E-state index < -0.39 is 29.0 Å². The van der Waals surface area contributed by atoms with Crippen molar-refractivity contribution in [3.63, 3.8) is 0 Å². The van der Waals surface area contributed by atoms with Crippen LogP contribution in [0.15, 0.2) is 24.3 Å². The molecule has 0 unspecified atom stereocenters. The molecule has 0 spiro atoms. The van der Waals surface area contributed by atoms with Crippen molar-refractivity contribution in [1.82, 2.24) is 10.2 Å². The number of aliphatic hydroxyl groups is 2. The van der Waals surface area contributed by atoms with Gasteiger partial charge in [-0.3, -0.25) is 19.3 Å². The van der Waals surface area contributed by atoms with Gasteiger partial charge < -0.3 is 25.0 Å². The van der Waals surface area contributed by atoms with E-state index in [1.54, 1.807) is 13.8 Å². The summed E-state index contributed by atoms with van der Waals surface area (Å²) in [5.74, 6) is -0.973. The summed E-state index contributed by atoms with van der Waals surface area (Å²) in [6.07, 6.45) is -1.01. The van der Waals surface area contributed by atoms with Crippen molar-refractivity contribution in [2.45, 2.75) is 39.2 Å². The molecular formula is C24H36N2O7. The highest BCUT2D eigenvalue weighted by atomic mass is 16.5. The molecule has 0 aliphatic carbocycles. The SMILES string of the molecule is CC(C)(CO)[C@@H](O)C(=O)NCCC(=O)C(=O)CCc1ccc(OCCN2CCOCC2)cc1. The predicted molar refractivity (Wildman–Crippen MR) is 122 cm³/mol. The van der Waals surface area contributed by atoms with E-state index in [-0.39, 0.29) is 26.0 Å². The largest absolute Gasteiger partial charge is 0.492 e. The molecule has 1 amide bonds. The Bertz CT molecular complexity index is 774. The number of aryl methyl sites for hydroxylation is 1. The Kier molecular flexibility index (Phi) is 10.9. The first-order chi connectivity index (χ1) is 15.7. The van der Waals surface area contributed by atoms with Crippen molar-refractivity contribution in [2.75, 3.05) is 52.6 Å². The van der Waals surface area contributed by atoms with Crippen molar-refractivity contribution in [2.24, 2.45) is 5.41 Å². The average molecular weight is 465 g/mol. The molecule has 1 saturated heterocycles. The van der Waals surface area contributed by atoms with Crippen molar-refractivity contribution in [1.29, 1.82) is 0 Å². The van der Waals surface area contributed by atoms with E-state index in [2.05, 4.69) is 10.2 Å². The fraction of sp³-hybridized carbons (Fsp3) is 0.625. The number of morpholine rings is 1. The van der Waals surface area contributed by atoms with Crippen molar-refractivity contribution >= 4 is 17.5 Å². The van der Waals surface area contributed by atoms with Crippen LogP contribution in [0.3, 0.4) is 0 Å². The third-order valence-corrected chi connectivity index (χ3v) is 5.70. The van der Waals surface area contributed by atoms with Crippen LogP contribution in [0.25, 0.3) is 0 Å². The highest BCUT2D eigenvalue weighted by Gasteiger charge is 2.32. The summed E-state index contributed by atoms with van der Waals surface area (Å²) in [6, 6.07) is 7.48. The van der Waals surface area contributed by atoms with E-state index in [0.717, 1.165) is 44.2 Å². The number of hydrogen-bond donors (Lipinski definition) is 3. The number of carbonyl (C=O) groups excluding carboxylic acids is 3. The Balaban J connectivity index is 1.64. The first-order valence-corrected chi connectivity index (χ1v) is 11.4. The first-order valence-electron chi connectivity index (χ1n) is 11.4. The second-order valence-electron chi connectivity index (χ2n) is 8.88. The zero-order valence-corrected chi connectivity index (χ0v) is 19.5. The Morgan fingerprint density at radius 2 is 1.76 bits per heavy atom. The number of nitrogens with zero attached hydrogens (tertiary/aromatic N) is 1. The van der Waals surface area contributed by atoms with Crippen molar-refractivity contribution in [3.05, 3.63) is 29.8 Å². The molecule has 1 fully saturated rings. The summed E-state index contributed by atoms with van der Waals surface area (Å²) in [4.78, 5) is 38.3. The van der Waals surface area contributed by atoms with Gasteiger partial charge in [0.05, 0.1) is 19.8 Å². The van der Waals surface area contributed by atoms with Crippen molar-refractivity contribution < 1.29 is 34.1 Å². The third kappa shape index (κ3) is 9.21. The topological polar surface area (TPSA) is 125 Å². The zero-order valence-electron chi connectivity index (χ0n) is 19.5. The number of carbonyl (C=O) groups is 3. The normalized spacial score (nSPS) is 15.6. The van der Waals surface area contributed by atoms with E-state index in [9.17, 15) is 24.6 Å². The highest BCUT2D eigenvalue weighted by Crippen LogP contribution is 2.19. The Morgan fingerprint density at radius 1 is 1.12 bits per heavy atom. The third-order valence-electron chi connectivity index (χ3n) is 5.70. The van der Waals surface area contributed by atoms with Crippen molar-refractivity contribution in [3.8, 4) is 5.75 Å². The van der Waals surface area contributed by atoms with Gasteiger partial charge in [-0.15, -0.1) is 0 Å². The maximum atomic E-state index is 12.1. The zero-order chi connectivity index (χ0) is 24.3. The van der Waals surface area contributed by atoms with Gasteiger partial charge in [-0.2, -0.15) is 0 Å². The standard InChI is InChI=1S/C24H36N2O7/c1-24(2,17-27)22(30)23(31)25-10-9-21(29)20(28)8-5-18-3-6-19(7-4-18)33-16-13-26-11-14-32-15-12-26/h3-4,6-7,22,27,30H,5,8-17H2,1-2H3,(H,25,31)/t22-/m0/s1. The van der Waals surface area contributed by atoms with Gasteiger partial charge >= 0.3 is 0 Å². The van der Waals surface area contributed by atoms with Gasteiger partial charge in [0.15, 0.2) is 11.6 Å². The van der Waals surface area contributed by atoms with Crippen LogP contribution in [0.5, 0.6) is 5.75 Å². The van der Waals surface area contributed by atoms with Crippen LogP contribution >= 0.6 is 0 Å². The lowest BCUT2D eigenvalue weighted by Gasteiger charge is -2.27. The summed E-state index contributed by atoms with van der Waals surface area (Å²) in [5, 5.41) is 21.6. The number of benzene rings is 1. The Hall–Kier alpha value is -2.33. The maximum absolute atomic E-state index is 12.1. The number of Topliss-reactive ketones (excluding diaryl/α,β-unsaturated/α-hetero) is 2. The smallest absolute Gasteiger partial charge is 0.249 e. The van der Waals surface area contributed by atoms with Crippen LogP contribution < -0.4 is 10.1 Å². The summed E-state index contributed by atoms with van der Waals surface area (Å²) in [6.45, 7) is 7.51. The maximum Gasteiger partial charge on any atom is 0.249 e. The van der Waals surface area contributed by atoms with E-state index in [1.165, 1.54) is 0 Å². The number of aliphatic hydroxyl groups excluding tert-OH is 2. The Labute approximate surface area is 195 Å². The highest BCUT2D eigenvalue weighted by molar-refractivity contribution is 6.37. The minimum atomic E-state index is -1.40. The van der Waals surface area contributed by atoms with E-state index in [0.29, 0.717) is 13.0 Å². The van der Waals surface area contributed by atoms with Crippen LogP contribution in [0.4, 0.5) is 0 Å². The molecule has 3 N–H and O–H groups in total. The number of hydrogen-bond acceptors (Lipinski definition) is 8. The molecule has 1 atom stereocenters. The number of ether oxygens (including phenoxy) is 2. The number of amides is 1. The van der Waals surface area contributed by atoms with Gasteiger partial charge in [0.1, 0.15) is 18.5 Å². The minimum Gasteiger partial charge on any atom is -0.492 e. The van der Waals surface area contributed by atoms with Crippen LogP contribution in [0, 0.1) is 5.41 Å². The van der Waals surface area contributed by atoms with Crippen LogP contribution in [-0.4, -0.2) is 91.3 Å². The molecule has 184 valence electrons. The average Bonchev–Trinajstić information content (AvgIpc) is 2.83. The molecular weight excluding hydrogens is 428 g/mol. The van der Waals surface area contributed by atoms with Gasteiger partial charge in [-0.1, -0.05) is 26.0 Å². The van der Waals surface area contributed by atoms with Gasteiger partial charge in [-0.25, -0.2) is 0 Å². The van der Waals surface area contributed by atoms with E-state index >= 15 is 0 Å². The Morgan fingerprint density at radius 3 is 2.39 bits per heavy atom. The summed E-state index contributed by atoms with van der Waals surface area (Å²) in [7, 11) is 0. The van der Waals surface area contributed by atoms with Gasteiger partial charge in [0, 0.05) is 44.4 Å².